The molecule has 0 saturated heterocycles. The quantitative estimate of drug-likeness (QED) is 0.601. The SMILES string of the molecule is CCCCS(=O)(=O)NCc1ccc(C(=O)NNC(=O)c2ccccc2)cc1. The van der Waals surface area contributed by atoms with Crippen molar-refractivity contribution in [3.05, 3.63) is 71.3 Å². The molecule has 0 saturated carbocycles. The molecule has 0 atom stereocenters. The third-order valence-electron chi connectivity index (χ3n) is 3.80. The summed E-state index contributed by atoms with van der Waals surface area (Å²) < 4.78 is 26.1. The number of nitrogens with one attached hydrogen (secondary N) is 3. The monoisotopic (exact) mass is 389 g/mol. The van der Waals surface area contributed by atoms with Gasteiger partial charge in [-0.15, -0.1) is 0 Å². The van der Waals surface area contributed by atoms with E-state index in [2.05, 4.69) is 15.6 Å². The van der Waals surface area contributed by atoms with E-state index >= 15 is 0 Å². The minimum Gasteiger partial charge on any atom is -0.267 e. The van der Waals surface area contributed by atoms with Crippen LogP contribution in [0.5, 0.6) is 0 Å². The molecule has 144 valence electrons. The predicted octanol–water partition coefficient (Wildman–Crippen LogP) is 1.98. The Balaban J connectivity index is 1.85. The molecule has 2 aromatic rings. The van der Waals surface area contributed by atoms with E-state index in [1.807, 2.05) is 6.92 Å². The highest BCUT2D eigenvalue weighted by molar-refractivity contribution is 7.89. The number of carbonyl (C=O) groups is 2. The summed E-state index contributed by atoms with van der Waals surface area (Å²) in [4.78, 5) is 24.0. The first-order valence-corrected chi connectivity index (χ1v) is 10.3. The van der Waals surface area contributed by atoms with Crippen LogP contribution in [0.15, 0.2) is 54.6 Å². The Bertz CT molecular complexity index is 866. The zero-order valence-electron chi connectivity index (χ0n) is 15.1. The molecule has 7 nitrogen and oxygen atoms in total. The van der Waals surface area contributed by atoms with Gasteiger partial charge in [-0.3, -0.25) is 20.4 Å². The predicted molar refractivity (Wildman–Crippen MR) is 103 cm³/mol. The van der Waals surface area contributed by atoms with Gasteiger partial charge in [0.15, 0.2) is 0 Å². The van der Waals surface area contributed by atoms with Crippen molar-refractivity contribution in [1.29, 1.82) is 0 Å². The van der Waals surface area contributed by atoms with Crippen molar-refractivity contribution in [1.82, 2.24) is 15.6 Å². The lowest BCUT2D eigenvalue weighted by Gasteiger charge is -2.09. The van der Waals surface area contributed by atoms with E-state index in [1.165, 1.54) is 0 Å². The van der Waals surface area contributed by atoms with E-state index in [-0.39, 0.29) is 12.3 Å². The number of hydrazine groups is 1. The van der Waals surface area contributed by atoms with Crippen LogP contribution in [0, 0.1) is 0 Å². The highest BCUT2D eigenvalue weighted by atomic mass is 32.2. The summed E-state index contributed by atoms with van der Waals surface area (Å²) in [5, 5.41) is 0. The molecule has 2 aromatic carbocycles. The van der Waals surface area contributed by atoms with Crippen molar-refractivity contribution >= 4 is 21.8 Å². The number of hydrogen-bond acceptors (Lipinski definition) is 4. The van der Waals surface area contributed by atoms with Gasteiger partial charge in [-0.05, 0) is 36.2 Å². The van der Waals surface area contributed by atoms with Gasteiger partial charge < -0.3 is 0 Å². The fourth-order valence-electron chi connectivity index (χ4n) is 2.22. The first-order chi connectivity index (χ1) is 12.9. The summed E-state index contributed by atoms with van der Waals surface area (Å²) >= 11 is 0. The van der Waals surface area contributed by atoms with Gasteiger partial charge in [0, 0.05) is 17.7 Å². The van der Waals surface area contributed by atoms with Gasteiger partial charge >= 0.3 is 0 Å². The standard InChI is InChI=1S/C19H23N3O4S/c1-2-3-13-27(25,26)20-14-15-9-11-17(12-10-15)19(24)22-21-18(23)16-7-5-4-6-8-16/h4-12,20H,2-3,13-14H2,1H3,(H,21,23)(H,22,24). The van der Waals surface area contributed by atoms with Crippen LogP contribution in [0.1, 0.15) is 46.0 Å². The summed E-state index contributed by atoms with van der Waals surface area (Å²) in [5.74, 6) is -0.776. The van der Waals surface area contributed by atoms with E-state index < -0.39 is 21.8 Å². The second-order valence-electron chi connectivity index (χ2n) is 5.96. The maximum atomic E-state index is 12.1. The van der Waals surface area contributed by atoms with Crippen molar-refractivity contribution in [3.63, 3.8) is 0 Å². The summed E-state index contributed by atoms with van der Waals surface area (Å²) in [6, 6.07) is 15.0. The van der Waals surface area contributed by atoms with Gasteiger partial charge in [0.05, 0.1) is 5.75 Å². The van der Waals surface area contributed by atoms with Crippen LogP contribution in [0.25, 0.3) is 0 Å². The van der Waals surface area contributed by atoms with Crippen molar-refractivity contribution in [2.75, 3.05) is 5.75 Å². The lowest BCUT2D eigenvalue weighted by Crippen LogP contribution is -2.41. The van der Waals surface area contributed by atoms with E-state index in [0.717, 1.165) is 12.0 Å². The molecule has 0 aromatic heterocycles. The van der Waals surface area contributed by atoms with Crippen LogP contribution in [0.3, 0.4) is 0 Å². The van der Waals surface area contributed by atoms with Crippen LogP contribution < -0.4 is 15.6 Å². The lowest BCUT2D eigenvalue weighted by atomic mass is 10.1. The van der Waals surface area contributed by atoms with E-state index in [4.69, 9.17) is 0 Å². The van der Waals surface area contributed by atoms with E-state index in [1.54, 1.807) is 54.6 Å². The van der Waals surface area contributed by atoms with Crippen LogP contribution in [-0.4, -0.2) is 26.0 Å². The molecule has 8 heteroatoms. The van der Waals surface area contributed by atoms with Gasteiger partial charge in [0.25, 0.3) is 11.8 Å². The molecule has 2 rings (SSSR count). The highest BCUT2D eigenvalue weighted by Gasteiger charge is 2.11. The molecule has 0 fully saturated rings. The molecule has 0 bridgehead atoms. The van der Waals surface area contributed by atoms with Gasteiger partial charge in [0.2, 0.25) is 10.0 Å². The van der Waals surface area contributed by atoms with Gasteiger partial charge in [-0.1, -0.05) is 43.7 Å². The average Bonchev–Trinajstić information content (AvgIpc) is 2.70. The smallest absolute Gasteiger partial charge is 0.267 e. The Hall–Kier alpha value is -2.71. The lowest BCUT2D eigenvalue weighted by molar-refractivity contribution is 0.0846. The number of unbranched alkanes of at least 4 members (excludes halogenated alkanes) is 1. The summed E-state index contributed by atoms with van der Waals surface area (Å²) in [6.07, 6.45) is 1.43. The van der Waals surface area contributed by atoms with Gasteiger partial charge in [-0.25, -0.2) is 13.1 Å². The number of amides is 2. The first kappa shape index (κ1) is 20.6. The Kier molecular flexibility index (Phi) is 7.51. The fourth-order valence-corrected chi connectivity index (χ4v) is 3.42. The zero-order chi connectivity index (χ0) is 19.7. The maximum absolute atomic E-state index is 12.1. The molecule has 0 radical (unpaired) electrons. The van der Waals surface area contributed by atoms with Gasteiger partial charge in [-0.2, -0.15) is 0 Å². The topological polar surface area (TPSA) is 104 Å². The van der Waals surface area contributed by atoms with E-state index in [9.17, 15) is 18.0 Å². The summed E-state index contributed by atoms with van der Waals surface area (Å²) in [5.41, 5.74) is 6.21. The molecular weight excluding hydrogens is 366 g/mol. The van der Waals surface area contributed by atoms with E-state index in [0.29, 0.717) is 17.5 Å². The third kappa shape index (κ3) is 6.84. The second-order valence-corrected chi connectivity index (χ2v) is 7.89. The highest BCUT2D eigenvalue weighted by Crippen LogP contribution is 2.05. The Morgan fingerprint density at radius 1 is 0.852 bits per heavy atom. The normalized spacial score (nSPS) is 11.0. The Morgan fingerprint density at radius 3 is 1.96 bits per heavy atom. The number of carbonyl (C=O) groups excluding carboxylic acids is 2. The van der Waals surface area contributed by atoms with Crippen molar-refractivity contribution < 1.29 is 18.0 Å². The molecule has 0 unspecified atom stereocenters. The Labute approximate surface area is 159 Å². The molecule has 0 spiro atoms. The average molecular weight is 389 g/mol. The van der Waals surface area contributed by atoms with Crippen molar-refractivity contribution in [2.24, 2.45) is 0 Å². The molecule has 0 heterocycles. The minimum atomic E-state index is -3.29. The summed E-state index contributed by atoms with van der Waals surface area (Å²) in [6.45, 7) is 2.10. The molecule has 3 N–H and O–H groups in total. The zero-order valence-corrected chi connectivity index (χ0v) is 15.9. The van der Waals surface area contributed by atoms with Crippen LogP contribution in [0.2, 0.25) is 0 Å². The van der Waals surface area contributed by atoms with Crippen molar-refractivity contribution in [3.8, 4) is 0 Å². The Morgan fingerprint density at radius 2 is 1.41 bits per heavy atom. The van der Waals surface area contributed by atoms with Crippen LogP contribution in [0.4, 0.5) is 0 Å². The number of rotatable bonds is 8. The molecule has 0 aliphatic heterocycles. The van der Waals surface area contributed by atoms with Crippen LogP contribution >= 0.6 is 0 Å². The number of benzene rings is 2. The molecule has 0 aliphatic carbocycles. The third-order valence-corrected chi connectivity index (χ3v) is 5.21. The maximum Gasteiger partial charge on any atom is 0.269 e. The fraction of sp³-hybridized carbons (Fsp3) is 0.263. The second kappa shape index (κ2) is 9.84. The van der Waals surface area contributed by atoms with Gasteiger partial charge in [0.1, 0.15) is 0 Å². The number of hydrogen-bond donors (Lipinski definition) is 3. The van der Waals surface area contributed by atoms with Crippen LogP contribution in [-0.2, 0) is 16.6 Å². The molecular formula is C19H23N3O4S. The minimum absolute atomic E-state index is 0.102. The first-order valence-electron chi connectivity index (χ1n) is 8.63. The number of sulfonamides is 1. The largest absolute Gasteiger partial charge is 0.269 e. The molecule has 2 amide bonds. The summed E-state index contributed by atoms with van der Waals surface area (Å²) in [7, 11) is -3.29. The molecule has 27 heavy (non-hydrogen) atoms. The van der Waals surface area contributed by atoms with Crippen molar-refractivity contribution in [2.45, 2.75) is 26.3 Å². The molecule has 0 aliphatic rings.